The second-order valence-electron chi connectivity index (χ2n) is 10.2. The van der Waals surface area contributed by atoms with Crippen LogP contribution in [0.5, 0.6) is 5.75 Å². The van der Waals surface area contributed by atoms with Crippen LogP contribution in [0.2, 0.25) is 0 Å². The summed E-state index contributed by atoms with van der Waals surface area (Å²) in [4.78, 5) is 50.6. The molecule has 4 rings (SSSR count). The highest BCUT2D eigenvalue weighted by Crippen LogP contribution is 2.42. The first kappa shape index (κ1) is 32.6. The van der Waals surface area contributed by atoms with Gasteiger partial charge in [0, 0.05) is 49.4 Å². The lowest BCUT2D eigenvalue weighted by atomic mass is 9.90. The summed E-state index contributed by atoms with van der Waals surface area (Å²) in [6, 6.07) is 13.9. The summed E-state index contributed by atoms with van der Waals surface area (Å²) < 4.78 is 47.2. The summed E-state index contributed by atoms with van der Waals surface area (Å²) in [7, 11) is 1.46. The second kappa shape index (κ2) is 14.0. The van der Waals surface area contributed by atoms with Crippen LogP contribution in [0.15, 0.2) is 48.5 Å². The number of carbonyl (C=O) groups excluding carboxylic acids is 4. The van der Waals surface area contributed by atoms with E-state index < -0.39 is 54.6 Å². The van der Waals surface area contributed by atoms with Crippen molar-refractivity contribution < 1.29 is 52.0 Å². The SMILES string of the molecule is COc1cc(C)c(Cc2ccc(-c3ccc(F)cc3)s2)cc1C1OC(OC(C)=O)C(OC(C)=O)C(OC(C)=O)C1OC(C)=O. The van der Waals surface area contributed by atoms with Crippen LogP contribution in [0.25, 0.3) is 10.4 Å². The smallest absolute Gasteiger partial charge is 0.305 e. The maximum absolute atomic E-state index is 13.4. The summed E-state index contributed by atoms with van der Waals surface area (Å²) in [5, 5.41) is 0. The van der Waals surface area contributed by atoms with Crippen molar-refractivity contribution in [2.24, 2.45) is 0 Å². The highest BCUT2D eigenvalue weighted by atomic mass is 32.1. The van der Waals surface area contributed by atoms with Gasteiger partial charge in [-0.05, 0) is 60.0 Å². The Morgan fingerprint density at radius 3 is 1.98 bits per heavy atom. The van der Waals surface area contributed by atoms with Gasteiger partial charge in [0.25, 0.3) is 0 Å². The van der Waals surface area contributed by atoms with Crippen LogP contribution in [0.1, 0.15) is 55.4 Å². The van der Waals surface area contributed by atoms with E-state index >= 15 is 0 Å². The zero-order valence-corrected chi connectivity index (χ0v) is 25.9. The minimum absolute atomic E-state index is 0.310. The first-order valence-electron chi connectivity index (χ1n) is 13.7. The molecule has 0 amide bonds. The average Bonchev–Trinajstić information content (AvgIpc) is 3.40. The molecular formula is C32H33FO10S. The summed E-state index contributed by atoms with van der Waals surface area (Å²) in [6.45, 7) is 6.51. The monoisotopic (exact) mass is 628 g/mol. The van der Waals surface area contributed by atoms with E-state index in [2.05, 4.69) is 0 Å². The van der Waals surface area contributed by atoms with E-state index in [1.54, 1.807) is 29.5 Å². The van der Waals surface area contributed by atoms with Gasteiger partial charge in [-0.2, -0.15) is 0 Å². The molecule has 0 N–H and O–H groups in total. The first-order chi connectivity index (χ1) is 20.9. The van der Waals surface area contributed by atoms with E-state index in [-0.39, 0.29) is 5.82 Å². The lowest BCUT2D eigenvalue weighted by Crippen LogP contribution is -2.59. The molecule has 1 aromatic heterocycles. The molecule has 12 heteroatoms. The van der Waals surface area contributed by atoms with Crippen molar-refractivity contribution in [3.05, 3.63) is 75.9 Å². The fraction of sp³-hybridized carbons (Fsp3) is 0.375. The number of carbonyl (C=O) groups is 4. The van der Waals surface area contributed by atoms with Gasteiger partial charge in [0.15, 0.2) is 12.2 Å². The lowest BCUT2D eigenvalue weighted by Gasteiger charge is -2.44. The minimum Gasteiger partial charge on any atom is -0.496 e. The molecular weight excluding hydrogens is 595 g/mol. The molecule has 1 fully saturated rings. The van der Waals surface area contributed by atoms with Crippen LogP contribution in [0, 0.1) is 12.7 Å². The van der Waals surface area contributed by atoms with Gasteiger partial charge in [-0.1, -0.05) is 12.1 Å². The van der Waals surface area contributed by atoms with Gasteiger partial charge in [0.1, 0.15) is 17.7 Å². The maximum Gasteiger partial charge on any atom is 0.305 e. The maximum atomic E-state index is 13.4. The summed E-state index contributed by atoms with van der Waals surface area (Å²) in [6.07, 6.45) is -6.32. The van der Waals surface area contributed by atoms with E-state index in [0.717, 1.165) is 47.2 Å². The van der Waals surface area contributed by atoms with Crippen LogP contribution in [0.4, 0.5) is 4.39 Å². The number of aryl methyl sites for hydroxylation is 1. The van der Waals surface area contributed by atoms with Crippen molar-refractivity contribution in [2.45, 2.75) is 71.7 Å². The van der Waals surface area contributed by atoms with Crippen molar-refractivity contribution in [1.82, 2.24) is 0 Å². The molecule has 2 aromatic carbocycles. The summed E-state index contributed by atoms with van der Waals surface area (Å²) in [5.74, 6) is -2.91. The predicted molar refractivity (Wildman–Crippen MR) is 156 cm³/mol. The largest absolute Gasteiger partial charge is 0.496 e. The van der Waals surface area contributed by atoms with E-state index in [4.69, 9.17) is 28.4 Å². The second-order valence-corrected chi connectivity index (χ2v) is 11.4. The van der Waals surface area contributed by atoms with Gasteiger partial charge >= 0.3 is 23.9 Å². The molecule has 5 atom stereocenters. The molecule has 2 heterocycles. The van der Waals surface area contributed by atoms with E-state index in [1.807, 2.05) is 25.1 Å². The fourth-order valence-electron chi connectivity index (χ4n) is 5.05. The minimum atomic E-state index is -1.51. The Bertz CT molecular complexity index is 1530. The Morgan fingerprint density at radius 1 is 0.795 bits per heavy atom. The van der Waals surface area contributed by atoms with Gasteiger partial charge in [-0.3, -0.25) is 19.2 Å². The Labute approximate surface area is 258 Å². The van der Waals surface area contributed by atoms with Crippen LogP contribution in [-0.2, 0) is 49.3 Å². The van der Waals surface area contributed by atoms with Gasteiger partial charge in [0.05, 0.1) is 7.11 Å². The number of hydrogen-bond donors (Lipinski definition) is 0. The Morgan fingerprint density at radius 2 is 1.39 bits per heavy atom. The average molecular weight is 629 g/mol. The third kappa shape index (κ3) is 7.80. The van der Waals surface area contributed by atoms with Gasteiger partial charge < -0.3 is 28.4 Å². The fourth-order valence-corrected chi connectivity index (χ4v) is 6.08. The van der Waals surface area contributed by atoms with E-state index in [1.165, 1.54) is 26.2 Å². The van der Waals surface area contributed by atoms with Crippen molar-refractivity contribution >= 4 is 35.2 Å². The highest BCUT2D eigenvalue weighted by Gasteiger charge is 2.54. The van der Waals surface area contributed by atoms with Crippen molar-refractivity contribution in [3.8, 4) is 16.2 Å². The van der Waals surface area contributed by atoms with Crippen LogP contribution >= 0.6 is 11.3 Å². The Balaban J connectivity index is 1.78. The predicted octanol–water partition coefficient (Wildman–Crippen LogP) is 5.22. The van der Waals surface area contributed by atoms with Crippen molar-refractivity contribution in [3.63, 3.8) is 0 Å². The molecule has 5 unspecified atom stereocenters. The molecule has 10 nitrogen and oxygen atoms in total. The molecule has 0 aliphatic carbocycles. The number of esters is 4. The van der Waals surface area contributed by atoms with Gasteiger partial charge in [-0.25, -0.2) is 4.39 Å². The Kier molecular flexibility index (Phi) is 10.4. The zero-order valence-electron chi connectivity index (χ0n) is 25.1. The molecule has 0 saturated carbocycles. The number of ether oxygens (including phenoxy) is 6. The zero-order chi connectivity index (χ0) is 32.1. The molecule has 0 spiro atoms. The van der Waals surface area contributed by atoms with Crippen molar-refractivity contribution in [1.29, 1.82) is 0 Å². The molecule has 0 bridgehead atoms. The lowest BCUT2D eigenvalue weighted by molar-refractivity contribution is -0.298. The number of thiophene rings is 1. The third-order valence-electron chi connectivity index (χ3n) is 6.83. The quantitative estimate of drug-likeness (QED) is 0.230. The molecule has 1 aliphatic heterocycles. The third-order valence-corrected chi connectivity index (χ3v) is 7.97. The molecule has 234 valence electrons. The van der Waals surface area contributed by atoms with Gasteiger partial charge in [0.2, 0.25) is 12.4 Å². The highest BCUT2D eigenvalue weighted by molar-refractivity contribution is 7.15. The molecule has 3 aromatic rings. The topological polar surface area (TPSA) is 124 Å². The summed E-state index contributed by atoms with van der Waals surface area (Å²) in [5.41, 5.74) is 3.09. The number of halogens is 1. The van der Waals surface area contributed by atoms with E-state index in [0.29, 0.717) is 17.7 Å². The van der Waals surface area contributed by atoms with Gasteiger partial charge in [-0.15, -0.1) is 11.3 Å². The van der Waals surface area contributed by atoms with Crippen molar-refractivity contribution in [2.75, 3.05) is 7.11 Å². The number of hydrogen-bond acceptors (Lipinski definition) is 11. The normalized spacial score (nSPS) is 21.2. The van der Waals surface area contributed by atoms with Crippen LogP contribution < -0.4 is 4.74 Å². The molecule has 1 saturated heterocycles. The number of rotatable bonds is 9. The molecule has 1 aliphatic rings. The molecule has 44 heavy (non-hydrogen) atoms. The number of benzene rings is 2. The Hall–Kier alpha value is -4.29. The first-order valence-corrected chi connectivity index (χ1v) is 14.5. The summed E-state index contributed by atoms with van der Waals surface area (Å²) >= 11 is 1.56. The van der Waals surface area contributed by atoms with E-state index in [9.17, 15) is 23.6 Å². The van der Waals surface area contributed by atoms with Crippen LogP contribution in [0.3, 0.4) is 0 Å². The number of methoxy groups -OCH3 is 1. The standard InChI is InChI=1S/C32H33FO10S/c1-16-13-26(38-6)25(15-22(16)14-24-11-12-27(44-24)21-7-9-23(33)10-8-21)28-29(39-17(2)34)30(40-18(3)35)31(41-19(4)36)32(43-28)42-20(5)37/h7-13,15,28-32H,14H2,1-6H3. The van der Waals surface area contributed by atoms with Crippen LogP contribution in [-0.4, -0.2) is 55.6 Å². The molecule has 0 radical (unpaired) electrons.